The highest BCUT2D eigenvalue weighted by Gasteiger charge is 2.60. The first-order valence-corrected chi connectivity index (χ1v) is 14.9. The molecule has 0 aromatic carbocycles. The minimum absolute atomic E-state index is 0.00327. The molecule has 4 aliphatic rings. The fourth-order valence-electron chi connectivity index (χ4n) is 9.57. The number of hydrogen-bond acceptors (Lipinski definition) is 2. The number of fused-ring (bicyclic) bond motifs is 5. The standard InChI is InChI=1S/C29H48Cl2O2/c1-18(2)7-6-8-19(3)23-11-12-24-22-10-9-20-17-21(33-27(32)26(30)31)13-15-28(20,4)25(22)14-16-29(23,24)5/h18-26H,6-17H2,1-5H3. The van der Waals surface area contributed by atoms with E-state index < -0.39 is 10.8 Å². The minimum atomic E-state index is -1.06. The Labute approximate surface area is 213 Å². The molecule has 0 N–H and O–H groups in total. The maximum atomic E-state index is 11.9. The van der Waals surface area contributed by atoms with Crippen molar-refractivity contribution >= 4 is 29.2 Å². The Morgan fingerprint density at radius 3 is 2.30 bits per heavy atom. The lowest BCUT2D eigenvalue weighted by atomic mass is 9.44. The molecule has 4 saturated carbocycles. The first kappa shape index (κ1) is 26.1. The van der Waals surface area contributed by atoms with E-state index in [1.165, 1.54) is 64.2 Å². The molecule has 0 aromatic heterocycles. The number of carbonyl (C=O) groups excluding carboxylic acids is 1. The highest BCUT2D eigenvalue weighted by Crippen LogP contribution is 2.68. The Morgan fingerprint density at radius 2 is 1.61 bits per heavy atom. The molecule has 0 heterocycles. The summed E-state index contributed by atoms with van der Waals surface area (Å²) in [6.45, 7) is 12.6. The molecule has 0 spiro atoms. The molecule has 0 aromatic rings. The summed E-state index contributed by atoms with van der Waals surface area (Å²) in [5.74, 6) is 5.53. The van der Waals surface area contributed by atoms with E-state index in [-0.39, 0.29) is 6.10 Å². The summed E-state index contributed by atoms with van der Waals surface area (Å²) in [5, 5.41) is 0. The van der Waals surface area contributed by atoms with E-state index in [1.54, 1.807) is 0 Å². The molecule has 4 heteroatoms. The molecule has 0 amide bonds. The van der Waals surface area contributed by atoms with Crippen molar-refractivity contribution < 1.29 is 9.53 Å². The van der Waals surface area contributed by atoms with Gasteiger partial charge in [-0.25, -0.2) is 4.79 Å². The van der Waals surface area contributed by atoms with Gasteiger partial charge in [0.2, 0.25) is 4.84 Å². The molecule has 0 bridgehead atoms. The molecule has 4 fully saturated rings. The molecule has 0 saturated heterocycles. The highest BCUT2D eigenvalue weighted by molar-refractivity contribution is 6.52. The number of alkyl halides is 2. The molecular weight excluding hydrogens is 451 g/mol. The lowest BCUT2D eigenvalue weighted by Gasteiger charge is -2.61. The first-order valence-electron chi connectivity index (χ1n) is 14.0. The van der Waals surface area contributed by atoms with Crippen molar-refractivity contribution in [3.05, 3.63) is 0 Å². The van der Waals surface area contributed by atoms with E-state index in [2.05, 4.69) is 34.6 Å². The average Bonchev–Trinajstić information content (AvgIpc) is 3.11. The third-order valence-electron chi connectivity index (χ3n) is 11.3. The van der Waals surface area contributed by atoms with Gasteiger partial charge in [-0.05, 0) is 110 Å². The third-order valence-corrected chi connectivity index (χ3v) is 11.6. The maximum absolute atomic E-state index is 11.9. The second kappa shape index (κ2) is 10.2. The second-order valence-corrected chi connectivity index (χ2v) is 14.4. The Morgan fingerprint density at radius 1 is 0.909 bits per heavy atom. The van der Waals surface area contributed by atoms with Gasteiger partial charge in [0, 0.05) is 0 Å². The van der Waals surface area contributed by atoms with E-state index >= 15 is 0 Å². The average molecular weight is 500 g/mol. The molecule has 0 aliphatic heterocycles. The van der Waals surface area contributed by atoms with Gasteiger partial charge < -0.3 is 4.74 Å². The van der Waals surface area contributed by atoms with Gasteiger partial charge in [0.1, 0.15) is 6.10 Å². The van der Waals surface area contributed by atoms with Crippen LogP contribution in [0.1, 0.15) is 112 Å². The topological polar surface area (TPSA) is 26.3 Å². The van der Waals surface area contributed by atoms with Gasteiger partial charge in [0.05, 0.1) is 0 Å². The lowest BCUT2D eigenvalue weighted by molar-refractivity contribution is -0.161. The summed E-state index contributed by atoms with van der Waals surface area (Å²) in [5.41, 5.74) is 0.972. The predicted octanol–water partition coefficient (Wildman–Crippen LogP) is 8.82. The van der Waals surface area contributed by atoms with Crippen LogP contribution >= 0.6 is 23.2 Å². The van der Waals surface area contributed by atoms with Gasteiger partial charge in [-0.15, -0.1) is 0 Å². The minimum Gasteiger partial charge on any atom is -0.460 e. The molecule has 9 atom stereocenters. The van der Waals surface area contributed by atoms with Crippen LogP contribution in [0.4, 0.5) is 0 Å². The molecule has 2 nitrogen and oxygen atoms in total. The number of ether oxygens (including phenoxy) is 1. The van der Waals surface area contributed by atoms with E-state index in [9.17, 15) is 4.79 Å². The molecule has 4 aliphatic carbocycles. The van der Waals surface area contributed by atoms with Crippen molar-refractivity contribution in [1.29, 1.82) is 0 Å². The Balaban J connectivity index is 1.41. The number of rotatable bonds is 7. The predicted molar refractivity (Wildman–Crippen MR) is 138 cm³/mol. The largest absolute Gasteiger partial charge is 0.460 e. The van der Waals surface area contributed by atoms with Crippen LogP contribution in [-0.2, 0) is 9.53 Å². The smallest absolute Gasteiger partial charge is 0.339 e. The van der Waals surface area contributed by atoms with E-state index in [0.717, 1.165) is 48.3 Å². The molecule has 33 heavy (non-hydrogen) atoms. The first-order chi connectivity index (χ1) is 15.6. The zero-order valence-electron chi connectivity index (χ0n) is 21.8. The molecule has 0 radical (unpaired) electrons. The van der Waals surface area contributed by atoms with Crippen molar-refractivity contribution in [3.63, 3.8) is 0 Å². The van der Waals surface area contributed by atoms with Gasteiger partial charge in [0.25, 0.3) is 0 Å². The summed E-state index contributed by atoms with van der Waals surface area (Å²) in [4.78, 5) is 10.9. The van der Waals surface area contributed by atoms with Crippen LogP contribution in [0.25, 0.3) is 0 Å². The third kappa shape index (κ3) is 5.00. The van der Waals surface area contributed by atoms with Crippen molar-refractivity contribution in [1.82, 2.24) is 0 Å². The van der Waals surface area contributed by atoms with Gasteiger partial charge in [-0.2, -0.15) is 0 Å². The maximum Gasteiger partial charge on any atom is 0.339 e. The molecule has 190 valence electrons. The van der Waals surface area contributed by atoms with Crippen LogP contribution in [-0.4, -0.2) is 16.9 Å². The summed E-state index contributed by atoms with van der Waals surface area (Å²) in [6.07, 6.45) is 15.8. The van der Waals surface area contributed by atoms with E-state index in [4.69, 9.17) is 27.9 Å². The number of carbonyl (C=O) groups is 1. The van der Waals surface area contributed by atoms with E-state index in [1.807, 2.05) is 0 Å². The Hall–Kier alpha value is 0.0500. The SMILES string of the molecule is CC(C)CCCC(C)C1CCC2C3CCC4CC(OC(=O)C(Cl)Cl)CCC4(C)C3CCC12C. The van der Waals surface area contributed by atoms with Crippen LogP contribution in [0.15, 0.2) is 0 Å². The number of hydrogen-bond donors (Lipinski definition) is 0. The monoisotopic (exact) mass is 498 g/mol. The Bertz CT molecular complexity index is 693. The normalized spacial score (nSPS) is 43.7. The summed E-state index contributed by atoms with van der Waals surface area (Å²) >= 11 is 11.5. The van der Waals surface area contributed by atoms with E-state index in [0.29, 0.717) is 16.7 Å². The summed E-state index contributed by atoms with van der Waals surface area (Å²) in [7, 11) is 0. The van der Waals surface area contributed by atoms with Crippen LogP contribution in [0.5, 0.6) is 0 Å². The summed E-state index contributed by atoms with van der Waals surface area (Å²) in [6, 6.07) is 0. The van der Waals surface area contributed by atoms with Crippen molar-refractivity contribution in [2.45, 2.75) is 123 Å². The highest BCUT2D eigenvalue weighted by atomic mass is 35.5. The van der Waals surface area contributed by atoms with Crippen LogP contribution in [0.2, 0.25) is 0 Å². The van der Waals surface area contributed by atoms with Gasteiger partial charge in [-0.3, -0.25) is 0 Å². The van der Waals surface area contributed by atoms with Gasteiger partial charge in [-0.1, -0.05) is 77.1 Å². The van der Waals surface area contributed by atoms with Crippen LogP contribution in [0.3, 0.4) is 0 Å². The van der Waals surface area contributed by atoms with Crippen LogP contribution in [0, 0.1) is 52.3 Å². The Kier molecular flexibility index (Phi) is 8.07. The quantitative estimate of drug-likeness (QED) is 0.258. The zero-order valence-corrected chi connectivity index (χ0v) is 23.3. The van der Waals surface area contributed by atoms with Gasteiger partial charge >= 0.3 is 5.97 Å². The van der Waals surface area contributed by atoms with Crippen molar-refractivity contribution in [2.24, 2.45) is 52.3 Å². The lowest BCUT2D eigenvalue weighted by Crippen LogP contribution is -2.54. The molecule has 9 unspecified atom stereocenters. The molecular formula is C29H48Cl2O2. The fourth-order valence-corrected chi connectivity index (χ4v) is 9.67. The molecule has 4 rings (SSSR count). The zero-order chi connectivity index (χ0) is 24.0. The fraction of sp³-hybridized carbons (Fsp3) is 0.966. The second-order valence-electron chi connectivity index (χ2n) is 13.3. The van der Waals surface area contributed by atoms with Crippen LogP contribution < -0.4 is 0 Å². The number of esters is 1. The van der Waals surface area contributed by atoms with Gasteiger partial charge in [0.15, 0.2) is 0 Å². The van der Waals surface area contributed by atoms with Crippen molar-refractivity contribution in [2.75, 3.05) is 0 Å². The number of halogens is 2. The van der Waals surface area contributed by atoms with Crippen molar-refractivity contribution in [3.8, 4) is 0 Å². The summed E-state index contributed by atoms with van der Waals surface area (Å²) < 4.78 is 5.65.